The molecule has 8 unspecified atom stereocenters. The van der Waals surface area contributed by atoms with Crippen LogP contribution in [0.15, 0.2) is 52.4 Å². The molecule has 14 heteroatoms. The molecule has 0 aromatic heterocycles. The molecule has 1 amide bonds. The lowest BCUT2D eigenvalue weighted by Crippen LogP contribution is -2.80. The van der Waals surface area contributed by atoms with Crippen LogP contribution in [-0.2, 0) is 35.1 Å². The molecule has 3 aliphatic carbocycles. The molecule has 3 N–H and O–H groups in total. The Morgan fingerprint density at radius 1 is 1.02 bits per heavy atom. The molecule has 9 rings (SSSR count). The molecule has 1 aromatic rings. The number of carbonyl (C=O) groups is 4. The number of methoxy groups -OCH3 is 1. The van der Waals surface area contributed by atoms with Crippen molar-refractivity contribution in [2.45, 2.75) is 122 Å². The largest absolute Gasteiger partial charge is 0.482 e. The second kappa shape index (κ2) is 16.2. The normalized spacial score (nSPS) is 31.6. The number of hydrogen-bond acceptors (Lipinski definition) is 13. The maximum atomic E-state index is 15.5. The standard InChI is InChI=1S/C50H63N5O9/c1-27(2)12-11-17-48(8)18-16-31-41(62-48)30(14-13-28(3)4)43-38(42(31)61-36(57)25-35(56)55-22-20-54(9)21-23-55)40-39-37(33(26-51)45(52)53-40)32-24-34-47(6,7)64-49(44(32)58,50(34,39)63-43)19-15-29(5)46(59)60-10/h12-13,15-16,18,32,34,37,39-40,53H,11,14,17,19-25,52H2,1-10H3/b29-15-. The molecule has 3 saturated carbocycles. The summed E-state index contributed by atoms with van der Waals surface area (Å²) < 4.78 is 33.6. The third kappa shape index (κ3) is 7.05. The van der Waals surface area contributed by atoms with Crippen molar-refractivity contribution in [3.05, 3.63) is 69.1 Å². The van der Waals surface area contributed by atoms with Crippen LogP contribution in [0.5, 0.6) is 17.2 Å². The van der Waals surface area contributed by atoms with Crippen molar-refractivity contribution in [2.24, 2.45) is 29.4 Å². The minimum absolute atomic E-state index is 0.00170. The van der Waals surface area contributed by atoms with E-state index < -0.39 is 64.6 Å². The second-order valence-electron chi connectivity index (χ2n) is 20.1. The SMILES string of the molecule is COC(=O)/C(C)=C\CC12OC(C)(C)C3CC(C1=O)C1C(C#N)=C(N)NC4c5c(OC(=O)CC(=O)N6CCN(C)CC6)c6c(c(CC=C(C)C)c5OC32C41)OC(C)(CCC=C(C)C)C=C6. The van der Waals surface area contributed by atoms with E-state index >= 15 is 4.79 Å². The fraction of sp³-hybridized carbons (Fsp3) is 0.580. The first kappa shape index (κ1) is 45.2. The van der Waals surface area contributed by atoms with E-state index in [0.29, 0.717) is 79.2 Å². The number of likely N-dealkylation sites (N-methyl/N-ethyl adjacent to an activating group) is 1. The zero-order valence-corrected chi connectivity index (χ0v) is 38.9. The van der Waals surface area contributed by atoms with Gasteiger partial charge in [-0.25, -0.2) is 4.79 Å². The molecule has 64 heavy (non-hydrogen) atoms. The minimum atomic E-state index is -1.61. The van der Waals surface area contributed by atoms with Crippen LogP contribution in [0, 0.1) is 35.0 Å². The van der Waals surface area contributed by atoms with E-state index in [9.17, 15) is 19.6 Å². The summed E-state index contributed by atoms with van der Waals surface area (Å²) in [6.45, 7) is 18.2. The van der Waals surface area contributed by atoms with Gasteiger partial charge in [0.2, 0.25) is 5.91 Å². The molecular weight excluding hydrogens is 815 g/mol. The average Bonchev–Trinajstić information content (AvgIpc) is 3.37. The summed E-state index contributed by atoms with van der Waals surface area (Å²) in [4.78, 5) is 60.0. The van der Waals surface area contributed by atoms with Crippen molar-refractivity contribution in [1.82, 2.24) is 15.1 Å². The molecule has 1 aromatic carbocycles. The highest BCUT2D eigenvalue weighted by Crippen LogP contribution is 2.75. The quantitative estimate of drug-likeness (QED) is 0.0850. The van der Waals surface area contributed by atoms with Crippen molar-refractivity contribution in [3.63, 3.8) is 0 Å². The first-order chi connectivity index (χ1) is 30.2. The predicted octanol–water partition coefficient (Wildman–Crippen LogP) is 6.15. The Balaban J connectivity index is 1.39. The molecule has 8 aliphatic rings. The summed E-state index contributed by atoms with van der Waals surface area (Å²) in [6, 6.07) is 1.58. The maximum absolute atomic E-state index is 15.5. The molecule has 2 saturated heterocycles. The zero-order chi connectivity index (χ0) is 46.3. The number of nitriles is 1. The molecule has 0 radical (unpaired) electrons. The number of fused-ring (bicyclic) bond motifs is 3. The molecule has 5 aliphatic heterocycles. The highest BCUT2D eigenvalue weighted by molar-refractivity contribution is 5.98. The highest BCUT2D eigenvalue weighted by Gasteiger charge is 2.86. The van der Waals surface area contributed by atoms with Crippen molar-refractivity contribution < 1.29 is 42.9 Å². The number of ether oxygens (including phenoxy) is 5. The Morgan fingerprint density at radius 2 is 1.72 bits per heavy atom. The van der Waals surface area contributed by atoms with Gasteiger partial charge < -0.3 is 44.5 Å². The van der Waals surface area contributed by atoms with Gasteiger partial charge in [-0.2, -0.15) is 5.26 Å². The van der Waals surface area contributed by atoms with E-state index in [0.717, 1.165) is 12.0 Å². The number of piperazine rings is 1. The van der Waals surface area contributed by atoms with Crippen molar-refractivity contribution in [3.8, 4) is 23.3 Å². The number of esters is 2. The maximum Gasteiger partial charge on any atom is 0.333 e. The Kier molecular flexibility index (Phi) is 11.5. The van der Waals surface area contributed by atoms with Crippen molar-refractivity contribution in [1.29, 1.82) is 5.26 Å². The third-order valence-corrected chi connectivity index (χ3v) is 14.9. The number of nitrogens with two attached hydrogens (primary N) is 1. The van der Waals surface area contributed by atoms with E-state index in [1.165, 1.54) is 12.7 Å². The molecule has 5 heterocycles. The van der Waals surface area contributed by atoms with Gasteiger partial charge in [0.25, 0.3) is 0 Å². The molecule has 8 atom stereocenters. The lowest BCUT2D eigenvalue weighted by atomic mass is 9.41. The number of ketones is 1. The van der Waals surface area contributed by atoms with E-state index in [-0.39, 0.29) is 41.2 Å². The number of carbonyl (C=O) groups excluding carboxylic acids is 4. The van der Waals surface area contributed by atoms with Gasteiger partial charge in [0, 0.05) is 67.4 Å². The van der Waals surface area contributed by atoms with E-state index in [4.69, 9.17) is 29.4 Å². The Morgan fingerprint density at radius 3 is 2.38 bits per heavy atom. The minimum Gasteiger partial charge on any atom is -0.482 e. The summed E-state index contributed by atoms with van der Waals surface area (Å²) in [7, 11) is 3.31. The van der Waals surface area contributed by atoms with Crippen LogP contribution in [0.1, 0.15) is 110 Å². The summed E-state index contributed by atoms with van der Waals surface area (Å²) in [5.41, 5.74) is 6.66. The number of Topliss-reactive ketones (excluding diaryl/α,β-unsaturated/α-hetero) is 1. The number of amides is 1. The second-order valence-corrected chi connectivity index (χ2v) is 20.1. The van der Waals surface area contributed by atoms with Gasteiger partial charge in [-0.15, -0.1) is 0 Å². The van der Waals surface area contributed by atoms with Crippen LogP contribution in [0.4, 0.5) is 0 Å². The predicted molar refractivity (Wildman–Crippen MR) is 239 cm³/mol. The molecule has 1 spiro atoms. The van der Waals surface area contributed by atoms with Crippen molar-refractivity contribution in [2.75, 3.05) is 40.3 Å². The molecule has 342 valence electrons. The number of nitrogens with one attached hydrogen (secondary N) is 1. The first-order valence-corrected chi connectivity index (χ1v) is 22.6. The molecule has 5 fully saturated rings. The lowest BCUT2D eigenvalue weighted by molar-refractivity contribution is -0.224. The Labute approximate surface area is 376 Å². The highest BCUT2D eigenvalue weighted by atomic mass is 16.6. The summed E-state index contributed by atoms with van der Waals surface area (Å²) in [5.74, 6) is -3.04. The number of allylic oxidation sites excluding steroid dienone is 5. The number of rotatable bonds is 11. The number of hydrogen-bond donors (Lipinski definition) is 2. The van der Waals surface area contributed by atoms with Gasteiger partial charge >= 0.3 is 11.9 Å². The average molecular weight is 878 g/mol. The van der Waals surface area contributed by atoms with E-state index in [2.05, 4.69) is 42.3 Å². The van der Waals surface area contributed by atoms with Gasteiger partial charge in [-0.3, -0.25) is 14.4 Å². The van der Waals surface area contributed by atoms with E-state index in [1.807, 2.05) is 53.8 Å². The first-order valence-electron chi connectivity index (χ1n) is 22.6. The number of nitrogens with zero attached hydrogens (tertiary/aromatic N) is 3. The van der Waals surface area contributed by atoms with Crippen LogP contribution in [-0.4, -0.2) is 96.2 Å². The van der Waals surface area contributed by atoms with Crippen LogP contribution in [0.2, 0.25) is 0 Å². The van der Waals surface area contributed by atoms with Crippen LogP contribution < -0.4 is 25.3 Å². The van der Waals surface area contributed by atoms with Gasteiger partial charge in [-0.05, 0) is 100 Å². The van der Waals surface area contributed by atoms with Gasteiger partial charge in [0.15, 0.2) is 22.7 Å². The fourth-order valence-corrected chi connectivity index (χ4v) is 11.9. The van der Waals surface area contributed by atoms with E-state index in [1.54, 1.807) is 17.9 Å². The summed E-state index contributed by atoms with van der Waals surface area (Å²) >= 11 is 0. The lowest BCUT2D eigenvalue weighted by Gasteiger charge is -2.66. The van der Waals surface area contributed by atoms with Gasteiger partial charge in [0.05, 0.1) is 41.5 Å². The third-order valence-electron chi connectivity index (χ3n) is 14.9. The summed E-state index contributed by atoms with van der Waals surface area (Å²) in [5, 5.41) is 14.3. The molecule has 14 nitrogen and oxygen atoms in total. The van der Waals surface area contributed by atoms with Crippen LogP contribution >= 0.6 is 0 Å². The Bertz CT molecular complexity index is 2390. The van der Waals surface area contributed by atoms with Crippen LogP contribution in [0.3, 0.4) is 0 Å². The zero-order valence-electron chi connectivity index (χ0n) is 38.9. The van der Waals surface area contributed by atoms with Crippen molar-refractivity contribution >= 4 is 29.7 Å². The van der Waals surface area contributed by atoms with Gasteiger partial charge in [-0.1, -0.05) is 29.4 Å². The smallest absolute Gasteiger partial charge is 0.333 e. The fourth-order valence-electron chi connectivity index (χ4n) is 11.9. The Hall–Kier alpha value is -5.39. The topological polar surface area (TPSA) is 183 Å². The molecular formula is C50H63N5O9. The van der Waals surface area contributed by atoms with Crippen LogP contribution in [0.25, 0.3) is 6.08 Å². The number of benzene rings is 1. The molecule has 4 bridgehead atoms. The summed E-state index contributed by atoms with van der Waals surface area (Å²) in [6.07, 6.45) is 11.5. The van der Waals surface area contributed by atoms with Gasteiger partial charge in [0.1, 0.15) is 29.3 Å². The monoisotopic (exact) mass is 877 g/mol.